The van der Waals surface area contributed by atoms with Crippen molar-refractivity contribution in [2.45, 2.75) is 6.92 Å². The van der Waals surface area contributed by atoms with Crippen LogP contribution in [0.5, 0.6) is 17.2 Å². The predicted molar refractivity (Wildman–Crippen MR) is 147 cm³/mol. The zero-order chi connectivity index (χ0) is 25.8. The van der Waals surface area contributed by atoms with Crippen molar-refractivity contribution in [3.8, 4) is 17.2 Å². The van der Waals surface area contributed by atoms with Gasteiger partial charge in [-0.3, -0.25) is 15.1 Å². The minimum absolute atomic E-state index is 0.0859. The SMILES string of the molecule is COc1cc(/C=C2/C(=N)N3C(c4ccccc4)=CSC3=NC2=O)ccc1OCCOc1ccccc1C. The Bertz CT molecular complexity index is 1450. The van der Waals surface area contributed by atoms with Crippen molar-refractivity contribution < 1.29 is 19.0 Å². The fourth-order valence-corrected chi connectivity index (χ4v) is 4.89. The zero-order valence-electron chi connectivity index (χ0n) is 20.4. The lowest BCUT2D eigenvalue weighted by atomic mass is 10.1. The summed E-state index contributed by atoms with van der Waals surface area (Å²) in [6, 6.07) is 23.0. The molecule has 0 spiro atoms. The first-order chi connectivity index (χ1) is 18.0. The van der Waals surface area contributed by atoms with Crippen LogP contribution < -0.4 is 14.2 Å². The monoisotopic (exact) mass is 511 g/mol. The number of benzene rings is 3. The zero-order valence-corrected chi connectivity index (χ0v) is 21.2. The van der Waals surface area contributed by atoms with E-state index in [1.165, 1.54) is 11.8 Å². The molecule has 5 rings (SSSR count). The Balaban J connectivity index is 1.31. The lowest BCUT2D eigenvalue weighted by Gasteiger charge is -2.27. The molecule has 37 heavy (non-hydrogen) atoms. The third-order valence-electron chi connectivity index (χ3n) is 5.87. The number of methoxy groups -OCH3 is 1. The van der Waals surface area contributed by atoms with Crippen molar-refractivity contribution in [3.05, 3.63) is 100 Å². The summed E-state index contributed by atoms with van der Waals surface area (Å²) in [5, 5.41) is 11.2. The summed E-state index contributed by atoms with van der Waals surface area (Å²) < 4.78 is 17.2. The second-order valence-electron chi connectivity index (χ2n) is 8.30. The molecule has 1 amide bonds. The van der Waals surface area contributed by atoms with Gasteiger partial charge in [0.05, 0.1) is 18.4 Å². The number of ether oxygens (including phenoxy) is 3. The molecular weight excluding hydrogens is 486 g/mol. The number of para-hydroxylation sites is 1. The Kier molecular flexibility index (Phi) is 7.09. The van der Waals surface area contributed by atoms with E-state index in [2.05, 4.69) is 4.99 Å². The molecule has 3 aromatic carbocycles. The summed E-state index contributed by atoms with van der Waals surface area (Å²) in [5.41, 5.74) is 3.74. The predicted octanol–water partition coefficient (Wildman–Crippen LogP) is 5.77. The number of aryl methyl sites for hydroxylation is 1. The topological polar surface area (TPSA) is 84.2 Å². The number of fused-ring (bicyclic) bond motifs is 1. The van der Waals surface area contributed by atoms with Crippen LogP contribution in [-0.4, -0.2) is 42.1 Å². The Labute approximate surface area is 219 Å². The van der Waals surface area contributed by atoms with Crippen LogP contribution in [0.15, 0.2) is 88.8 Å². The molecule has 2 heterocycles. The van der Waals surface area contributed by atoms with Gasteiger partial charge < -0.3 is 14.2 Å². The van der Waals surface area contributed by atoms with Crippen LogP contribution in [0.1, 0.15) is 16.7 Å². The second kappa shape index (κ2) is 10.8. The number of hydrogen-bond acceptors (Lipinski definition) is 6. The molecular formula is C29H25N3O4S. The number of thioether (sulfide) groups is 1. The van der Waals surface area contributed by atoms with Gasteiger partial charge in [-0.25, -0.2) is 0 Å². The van der Waals surface area contributed by atoms with E-state index in [0.29, 0.717) is 35.4 Å². The number of nitrogens with zero attached hydrogens (tertiary/aromatic N) is 2. The van der Waals surface area contributed by atoms with Crippen LogP contribution in [0.2, 0.25) is 0 Å². The van der Waals surface area contributed by atoms with E-state index in [1.807, 2.05) is 73.0 Å². The van der Waals surface area contributed by atoms with Crippen LogP contribution >= 0.6 is 11.8 Å². The fraction of sp³-hybridized carbons (Fsp3) is 0.138. The van der Waals surface area contributed by atoms with Gasteiger partial charge in [0.1, 0.15) is 24.8 Å². The van der Waals surface area contributed by atoms with Gasteiger partial charge in [-0.15, -0.1) is 0 Å². The molecule has 8 heteroatoms. The van der Waals surface area contributed by atoms with Crippen LogP contribution in [0.3, 0.4) is 0 Å². The number of hydrogen-bond donors (Lipinski definition) is 1. The molecule has 2 aliphatic rings. The number of rotatable bonds is 8. The minimum atomic E-state index is -0.445. The molecule has 0 unspecified atom stereocenters. The molecule has 0 saturated carbocycles. The van der Waals surface area contributed by atoms with Gasteiger partial charge in [0.15, 0.2) is 16.7 Å². The Morgan fingerprint density at radius 1 is 0.946 bits per heavy atom. The van der Waals surface area contributed by atoms with Gasteiger partial charge >= 0.3 is 0 Å². The maximum Gasteiger partial charge on any atom is 0.283 e. The Morgan fingerprint density at radius 3 is 2.43 bits per heavy atom. The van der Waals surface area contributed by atoms with Crippen LogP contribution in [0.4, 0.5) is 0 Å². The molecule has 3 aromatic rings. The molecule has 0 aromatic heterocycles. The summed E-state index contributed by atoms with van der Waals surface area (Å²) >= 11 is 1.34. The molecule has 0 fully saturated rings. The quantitative estimate of drug-likeness (QED) is 0.306. The first-order valence-corrected chi connectivity index (χ1v) is 12.6. The standard InChI is InChI=1S/C29H25N3O4S/c1-19-8-6-7-11-24(19)35-14-15-36-25-13-12-20(17-26(25)34-2)16-22-27(30)32-23(21-9-4-3-5-10-21)18-37-29(32)31-28(22)33/h3-13,16-18,30H,14-15H2,1-2H3/b22-16-,30-27?. The molecule has 7 nitrogen and oxygen atoms in total. The summed E-state index contributed by atoms with van der Waals surface area (Å²) in [5.74, 6) is 1.55. The van der Waals surface area contributed by atoms with Crippen LogP contribution in [0, 0.1) is 12.3 Å². The second-order valence-corrected chi connectivity index (χ2v) is 9.14. The highest BCUT2D eigenvalue weighted by Crippen LogP contribution is 2.37. The summed E-state index contributed by atoms with van der Waals surface area (Å²) in [7, 11) is 1.56. The van der Waals surface area contributed by atoms with Gasteiger partial charge in [-0.05, 0) is 47.9 Å². The maximum atomic E-state index is 12.8. The summed E-state index contributed by atoms with van der Waals surface area (Å²) in [6.07, 6.45) is 1.66. The molecule has 0 bridgehead atoms. The number of amides is 1. The molecule has 0 atom stereocenters. The highest BCUT2D eigenvalue weighted by molar-refractivity contribution is 8.17. The van der Waals surface area contributed by atoms with Crippen molar-refractivity contribution in [1.29, 1.82) is 5.41 Å². The van der Waals surface area contributed by atoms with Crippen molar-refractivity contribution in [2.24, 2.45) is 4.99 Å². The van der Waals surface area contributed by atoms with E-state index >= 15 is 0 Å². The third kappa shape index (κ3) is 5.15. The number of amidine groups is 2. The van der Waals surface area contributed by atoms with Gasteiger partial charge in [0.2, 0.25) is 0 Å². The normalized spacial score (nSPS) is 15.8. The van der Waals surface area contributed by atoms with E-state index < -0.39 is 5.91 Å². The minimum Gasteiger partial charge on any atom is -0.493 e. The van der Waals surface area contributed by atoms with Crippen LogP contribution in [-0.2, 0) is 4.79 Å². The van der Waals surface area contributed by atoms with Gasteiger partial charge in [0.25, 0.3) is 5.91 Å². The van der Waals surface area contributed by atoms with E-state index in [4.69, 9.17) is 19.6 Å². The van der Waals surface area contributed by atoms with Gasteiger partial charge in [-0.1, -0.05) is 66.4 Å². The maximum absolute atomic E-state index is 12.8. The lowest BCUT2D eigenvalue weighted by molar-refractivity contribution is -0.114. The molecule has 0 aliphatic carbocycles. The summed E-state index contributed by atoms with van der Waals surface area (Å²) in [6.45, 7) is 2.72. The fourth-order valence-electron chi connectivity index (χ4n) is 4.00. The van der Waals surface area contributed by atoms with Crippen molar-refractivity contribution in [2.75, 3.05) is 20.3 Å². The smallest absolute Gasteiger partial charge is 0.283 e. The third-order valence-corrected chi connectivity index (χ3v) is 6.70. The van der Waals surface area contributed by atoms with E-state index in [9.17, 15) is 4.79 Å². The highest BCUT2D eigenvalue weighted by atomic mass is 32.2. The number of aliphatic imine (C=N–C) groups is 1. The highest BCUT2D eigenvalue weighted by Gasteiger charge is 2.36. The number of nitrogens with one attached hydrogen (secondary N) is 1. The number of carbonyl (C=O) groups is 1. The molecule has 186 valence electrons. The number of carbonyl (C=O) groups excluding carboxylic acids is 1. The first-order valence-electron chi connectivity index (χ1n) is 11.7. The molecule has 0 radical (unpaired) electrons. The van der Waals surface area contributed by atoms with Gasteiger partial charge in [-0.2, -0.15) is 4.99 Å². The van der Waals surface area contributed by atoms with E-state index in [1.54, 1.807) is 30.2 Å². The summed E-state index contributed by atoms with van der Waals surface area (Å²) in [4.78, 5) is 18.7. The average Bonchev–Trinajstić information content (AvgIpc) is 3.34. The lowest BCUT2D eigenvalue weighted by Crippen LogP contribution is -2.38. The average molecular weight is 512 g/mol. The van der Waals surface area contributed by atoms with Crippen LogP contribution in [0.25, 0.3) is 11.8 Å². The Hall–Kier alpha value is -4.30. The van der Waals surface area contributed by atoms with Crippen molar-refractivity contribution in [3.63, 3.8) is 0 Å². The first kappa shape index (κ1) is 24.4. The largest absolute Gasteiger partial charge is 0.493 e. The molecule has 1 N–H and O–H groups in total. The molecule has 2 aliphatic heterocycles. The van der Waals surface area contributed by atoms with Gasteiger partial charge in [0, 0.05) is 5.41 Å². The van der Waals surface area contributed by atoms with Crippen molar-refractivity contribution in [1.82, 2.24) is 4.90 Å². The molecule has 0 saturated heterocycles. The van der Waals surface area contributed by atoms with Crippen molar-refractivity contribution >= 4 is 40.4 Å². The Morgan fingerprint density at radius 2 is 1.68 bits per heavy atom. The van der Waals surface area contributed by atoms with E-state index in [-0.39, 0.29) is 11.4 Å². The van der Waals surface area contributed by atoms with E-state index in [0.717, 1.165) is 22.6 Å².